The van der Waals surface area contributed by atoms with Crippen molar-refractivity contribution in [3.05, 3.63) is 69.7 Å². The molecule has 92 valence electrons. The number of rotatable bonds is 4. The van der Waals surface area contributed by atoms with Crippen LogP contribution in [-0.2, 0) is 17.6 Å². The zero-order chi connectivity index (χ0) is 13.0. The predicted octanol–water partition coefficient (Wildman–Crippen LogP) is 4.11. The Morgan fingerprint density at radius 3 is 2.17 bits per heavy atom. The van der Waals surface area contributed by atoms with Crippen LogP contribution in [0, 0.1) is 6.92 Å². The summed E-state index contributed by atoms with van der Waals surface area (Å²) in [5.74, 6) is 0.246. The van der Waals surface area contributed by atoms with E-state index in [1.54, 1.807) is 0 Å². The van der Waals surface area contributed by atoms with E-state index in [2.05, 4.69) is 15.9 Å². The second-order valence-electron chi connectivity index (χ2n) is 4.41. The third-order valence-electron chi connectivity index (χ3n) is 2.99. The zero-order valence-corrected chi connectivity index (χ0v) is 11.9. The highest BCUT2D eigenvalue weighted by atomic mass is 79.9. The van der Waals surface area contributed by atoms with Gasteiger partial charge in [-0.1, -0.05) is 58.4 Å². The van der Waals surface area contributed by atoms with E-state index in [0.717, 1.165) is 15.6 Å². The molecule has 0 bridgehead atoms. The minimum Gasteiger partial charge on any atom is -0.299 e. The molecule has 2 aromatic carbocycles. The first-order valence-corrected chi connectivity index (χ1v) is 6.76. The molecule has 0 aliphatic heterocycles. The maximum atomic E-state index is 12.1. The van der Waals surface area contributed by atoms with Crippen LogP contribution in [0.15, 0.2) is 53.0 Å². The minimum atomic E-state index is 0.246. The van der Waals surface area contributed by atoms with Crippen molar-refractivity contribution in [1.82, 2.24) is 0 Å². The van der Waals surface area contributed by atoms with Crippen LogP contribution in [0.2, 0.25) is 0 Å². The molecule has 1 nitrogen and oxygen atoms in total. The summed E-state index contributed by atoms with van der Waals surface area (Å²) >= 11 is 3.47. The summed E-state index contributed by atoms with van der Waals surface area (Å²) in [5, 5.41) is 0. The van der Waals surface area contributed by atoms with Crippen LogP contribution in [0.5, 0.6) is 0 Å². The number of Topliss-reactive ketones (excluding diaryl/α,β-unsaturated/α-hetero) is 1. The number of ketones is 1. The largest absolute Gasteiger partial charge is 0.299 e. The molecule has 0 N–H and O–H groups in total. The average molecular weight is 303 g/mol. The van der Waals surface area contributed by atoms with E-state index in [1.165, 1.54) is 5.56 Å². The molecule has 0 saturated heterocycles. The van der Waals surface area contributed by atoms with Gasteiger partial charge in [-0.2, -0.15) is 0 Å². The predicted molar refractivity (Wildman–Crippen MR) is 77.7 cm³/mol. The Hall–Kier alpha value is -1.41. The molecule has 0 aliphatic rings. The number of benzene rings is 2. The van der Waals surface area contributed by atoms with E-state index in [0.29, 0.717) is 12.8 Å². The quantitative estimate of drug-likeness (QED) is 0.830. The van der Waals surface area contributed by atoms with Crippen LogP contribution in [0.1, 0.15) is 16.7 Å². The van der Waals surface area contributed by atoms with E-state index in [1.807, 2.05) is 55.5 Å². The number of carbonyl (C=O) groups excluding carboxylic acids is 1. The maximum Gasteiger partial charge on any atom is 0.141 e. The first-order valence-electron chi connectivity index (χ1n) is 5.96. The Kier molecular flexibility index (Phi) is 4.32. The molecule has 0 heterocycles. The van der Waals surface area contributed by atoms with Crippen LogP contribution in [0.4, 0.5) is 0 Å². The molecule has 0 aromatic heterocycles. The molecule has 0 unspecified atom stereocenters. The molecule has 0 saturated carbocycles. The van der Waals surface area contributed by atoms with Crippen LogP contribution >= 0.6 is 15.9 Å². The number of halogens is 1. The van der Waals surface area contributed by atoms with Gasteiger partial charge in [0.15, 0.2) is 0 Å². The van der Waals surface area contributed by atoms with Crippen molar-refractivity contribution in [2.45, 2.75) is 19.8 Å². The van der Waals surface area contributed by atoms with Gasteiger partial charge in [0.05, 0.1) is 0 Å². The normalized spacial score (nSPS) is 10.3. The highest BCUT2D eigenvalue weighted by Gasteiger charge is 2.08. The summed E-state index contributed by atoms with van der Waals surface area (Å²) in [6, 6.07) is 15.9. The number of aryl methyl sites for hydroxylation is 1. The average Bonchev–Trinajstić information content (AvgIpc) is 2.35. The van der Waals surface area contributed by atoms with Crippen LogP contribution in [0.25, 0.3) is 0 Å². The molecule has 18 heavy (non-hydrogen) atoms. The van der Waals surface area contributed by atoms with Crippen molar-refractivity contribution in [2.24, 2.45) is 0 Å². The smallest absolute Gasteiger partial charge is 0.141 e. The van der Waals surface area contributed by atoms with E-state index in [-0.39, 0.29) is 5.78 Å². The Bertz CT molecular complexity index is 511. The third kappa shape index (κ3) is 3.30. The summed E-state index contributed by atoms with van der Waals surface area (Å²) in [7, 11) is 0. The topological polar surface area (TPSA) is 17.1 Å². The molecule has 0 fully saturated rings. The lowest BCUT2D eigenvalue weighted by molar-refractivity contribution is -0.117. The van der Waals surface area contributed by atoms with Crippen LogP contribution in [0.3, 0.4) is 0 Å². The van der Waals surface area contributed by atoms with Crippen molar-refractivity contribution in [1.29, 1.82) is 0 Å². The second kappa shape index (κ2) is 5.96. The van der Waals surface area contributed by atoms with Crippen LogP contribution in [-0.4, -0.2) is 5.78 Å². The Labute approximate surface area is 116 Å². The highest BCUT2D eigenvalue weighted by Crippen LogP contribution is 2.17. The van der Waals surface area contributed by atoms with Gasteiger partial charge in [-0.3, -0.25) is 4.79 Å². The van der Waals surface area contributed by atoms with Crippen molar-refractivity contribution in [3.8, 4) is 0 Å². The Morgan fingerprint density at radius 1 is 0.944 bits per heavy atom. The first-order chi connectivity index (χ1) is 8.66. The molecule has 2 rings (SSSR count). The fourth-order valence-corrected chi connectivity index (χ4v) is 2.36. The lowest BCUT2D eigenvalue weighted by Crippen LogP contribution is -2.08. The number of hydrogen-bond acceptors (Lipinski definition) is 1. The van der Waals surface area contributed by atoms with E-state index >= 15 is 0 Å². The molecule has 0 radical (unpaired) electrons. The maximum absolute atomic E-state index is 12.1. The molecule has 2 heteroatoms. The van der Waals surface area contributed by atoms with Gasteiger partial charge in [-0.05, 0) is 29.7 Å². The summed E-state index contributed by atoms with van der Waals surface area (Å²) in [6.45, 7) is 2.04. The fraction of sp³-hybridized carbons (Fsp3) is 0.188. The van der Waals surface area contributed by atoms with Gasteiger partial charge >= 0.3 is 0 Å². The molecule has 0 amide bonds. The Morgan fingerprint density at radius 2 is 1.50 bits per heavy atom. The highest BCUT2D eigenvalue weighted by molar-refractivity contribution is 9.10. The monoisotopic (exact) mass is 302 g/mol. The number of carbonyl (C=O) groups is 1. The summed E-state index contributed by atoms with van der Waals surface area (Å²) in [5.41, 5.74) is 3.35. The molecular weight excluding hydrogens is 288 g/mol. The first kappa shape index (κ1) is 13.0. The summed E-state index contributed by atoms with van der Waals surface area (Å²) < 4.78 is 1.00. The number of hydrogen-bond donors (Lipinski definition) is 0. The van der Waals surface area contributed by atoms with Gasteiger partial charge in [0.25, 0.3) is 0 Å². The van der Waals surface area contributed by atoms with Crippen molar-refractivity contribution in [3.63, 3.8) is 0 Å². The second-order valence-corrected chi connectivity index (χ2v) is 5.26. The van der Waals surface area contributed by atoms with Crippen molar-refractivity contribution >= 4 is 21.7 Å². The van der Waals surface area contributed by atoms with Gasteiger partial charge in [0.2, 0.25) is 0 Å². The van der Waals surface area contributed by atoms with Gasteiger partial charge in [-0.15, -0.1) is 0 Å². The van der Waals surface area contributed by atoms with Gasteiger partial charge in [0.1, 0.15) is 5.78 Å². The van der Waals surface area contributed by atoms with Crippen molar-refractivity contribution in [2.75, 3.05) is 0 Å². The molecule has 0 atom stereocenters. The van der Waals surface area contributed by atoms with Crippen molar-refractivity contribution < 1.29 is 4.79 Å². The molecule has 2 aromatic rings. The minimum absolute atomic E-state index is 0.246. The molecule has 0 aliphatic carbocycles. The van der Waals surface area contributed by atoms with Gasteiger partial charge in [-0.25, -0.2) is 0 Å². The summed E-state index contributed by atoms with van der Waals surface area (Å²) in [6.07, 6.45) is 0.990. The van der Waals surface area contributed by atoms with E-state index in [4.69, 9.17) is 0 Å². The Balaban J connectivity index is 2.06. The van der Waals surface area contributed by atoms with Gasteiger partial charge < -0.3 is 0 Å². The SMILES string of the molecule is Cc1ccccc1CC(=O)Cc1ccccc1Br. The third-order valence-corrected chi connectivity index (χ3v) is 3.77. The fourth-order valence-electron chi connectivity index (χ4n) is 1.94. The lowest BCUT2D eigenvalue weighted by atomic mass is 10.00. The van der Waals surface area contributed by atoms with Crippen LogP contribution < -0.4 is 0 Å². The zero-order valence-electron chi connectivity index (χ0n) is 10.3. The standard InChI is InChI=1S/C16H15BrO/c1-12-6-2-3-7-13(12)10-15(18)11-14-8-4-5-9-16(14)17/h2-9H,10-11H2,1H3. The van der Waals surface area contributed by atoms with Gasteiger partial charge in [0, 0.05) is 17.3 Å². The van der Waals surface area contributed by atoms with E-state index in [9.17, 15) is 4.79 Å². The summed E-state index contributed by atoms with van der Waals surface area (Å²) in [4.78, 5) is 12.1. The molecule has 0 spiro atoms. The molecular formula is C16H15BrO. The van der Waals surface area contributed by atoms with E-state index < -0.39 is 0 Å². The lowest BCUT2D eigenvalue weighted by Gasteiger charge is -2.06.